The molecule has 0 saturated heterocycles. The van der Waals surface area contributed by atoms with Gasteiger partial charge in [-0.3, -0.25) is 9.69 Å². The number of carbonyl (C=O) groups is 1. The number of aryl methyl sites for hydroxylation is 4. The number of allylic oxidation sites excluding steroid dienone is 3. The van der Waals surface area contributed by atoms with E-state index < -0.39 is 5.92 Å². The Kier molecular flexibility index (Phi) is 7.42. The first-order chi connectivity index (χ1) is 19.0. The third kappa shape index (κ3) is 5.21. The van der Waals surface area contributed by atoms with E-state index >= 15 is 0 Å². The van der Waals surface area contributed by atoms with Crippen LogP contribution in [0.3, 0.4) is 0 Å². The first-order valence-corrected chi connectivity index (χ1v) is 14.8. The van der Waals surface area contributed by atoms with Gasteiger partial charge in [0.05, 0.1) is 17.6 Å². The number of benzene rings is 3. The summed E-state index contributed by atoms with van der Waals surface area (Å²) in [5.74, 6) is 0.840. The molecule has 3 aromatic carbocycles. The van der Waals surface area contributed by atoms with Crippen LogP contribution < -0.4 is 10.6 Å². The van der Waals surface area contributed by atoms with Crippen molar-refractivity contribution >= 4 is 23.2 Å². The maximum atomic E-state index is 14.0. The molecule has 2 aliphatic rings. The highest BCUT2D eigenvalue weighted by Gasteiger charge is 2.45. The molecular formula is C35H37N3OS. The third-order valence-corrected chi connectivity index (χ3v) is 9.18. The van der Waals surface area contributed by atoms with Gasteiger partial charge in [0.2, 0.25) is 0 Å². The van der Waals surface area contributed by atoms with Crippen LogP contribution in [-0.4, -0.2) is 5.78 Å². The Balaban J connectivity index is 1.65. The van der Waals surface area contributed by atoms with Crippen LogP contribution >= 0.6 is 11.8 Å². The van der Waals surface area contributed by atoms with Gasteiger partial charge in [0.1, 0.15) is 5.82 Å². The second kappa shape index (κ2) is 10.7. The SMILES string of the molecule is Cc1ccc(SCc2cc(C3C(C#N)=C(N)N(c4ccc(C)cc4)C4=C3C(=O)CC(C)(C)C4)c(C)cc2C)cc1. The van der Waals surface area contributed by atoms with E-state index in [0.29, 0.717) is 24.2 Å². The first kappa shape index (κ1) is 27.8. The lowest BCUT2D eigenvalue weighted by Gasteiger charge is -2.44. The van der Waals surface area contributed by atoms with Crippen LogP contribution in [0.4, 0.5) is 5.69 Å². The standard InChI is InChI=1S/C35H37N3OS/c1-21-7-11-26(12-8-21)38-30-17-35(5,6)18-31(39)33(30)32(29(19-36)34(38)37)28-16-25(23(3)15-24(28)4)20-40-27-13-9-22(2)10-14-27/h7-16,32H,17-18,20,37H2,1-6H3. The lowest BCUT2D eigenvalue weighted by atomic mass is 9.68. The largest absolute Gasteiger partial charge is 0.384 e. The molecule has 0 bridgehead atoms. The topological polar surface area (TPSA) is 70.1 Å². The molecule has 204 valence electrons. The average molecular weight is 548 g/mol. The normalized spacial score (nSPS) is 18.6. The fourth-order valence-electron chi connectivity index (χ4n) is 5.99. The zero-order valence-electron chi connectivity index (χ0n) is 24.3. The van der Waals surface area contributed by atoms with Crippen molar-refractivity contribution in [3.05, 3.63) is 117 Å². The van der Waals surface area contributed by atoms with E-state index in [9.17, 15) is 10.1 Å². The monoisotopic (exact) mass is 547 g/mol. The van der Waals surface area contributed by atoms with Crippen LogP contribution in [0.5, 0.6) is 0 Å². The molecule has 2 N–H and O–H groups in total. The minimum Gasteiger partial charge on any atom is -0.384 e. The van der Waals surface area contributed by atoms with Crippen molar-refractivity contribution in [1.29, 1.82) is 5.26 Å². The van der Waals surface area contributed by atoms with Gasteiger partial charge in [-0.1, -0.05) is 61.4 Å². The Morgan fingerprint density at radius 2 is 1.57 bits per heavy atom. The molecule has 0 radical (unpaired) electrons. The minimum absolute atomic E-state index is 0.101. The van der Waals surface area contributed by atoms with Gasteiger partial charge in [0, 0.05) is 34.0 Å². The van der Waals surface area contributed by atoms with Crippen LogP contribution in [0.25, 0.3) is 0 Å². The zero-order valence-corrected chi connectivity index (χ0v) is 25.1. The van der Waals surface area contributed by atoms with Gasteiger partial charge in [0.25, 0.3) is 0 Å². The lowest BCUT2D eigenvalue weighted by Crippen LogP contribution is -2.42. The van der Waals surface area contributed by atoms with Crippen LogP contribution in [0.1, 0.15) is 66.0 Å². The Bertz CT molecular complexity index is 1590. The lowest BCUT2D eigenvalue weighted by molar-refractivity contribution is -0.118. The van der Waals surface area contributed by atoms with E-state index in [1.807, 2.05) is 36.1 Å². The van der Waals surface area contributed by atoms with Crippen molar-refractivity contribution in [3.63, 3.8) is 0 Å². The van der Waals surface area contributed by atoms with Gasteiger partial charge in [-0.2, -0.15) is 5.26 Å². The van der Waals surface area contributed by atoms with Crippen molar-refractivity contribution in [2.75, 3.05) is 4.90 Å². The van der Waals surface area contributed by atoms with E-state index in [2.05, 4.69) is 77.1 Å². The number of hydrogen-bond acceptors (Lipinski definition) is 5. The number of carbonyl (C=O) groups excluding carboxylic acids is 1. The van der Waals surface area contributed by atoms with Crippen molar-refractivity contribution in [2.45, 2.75) is 71.0 Å². The second-order valence-corrected chi connectivity index (χ2v) is 13.1. The molecule has 4 nitrogen and oxygen atoms in total. The van der Waals surface area contributed by atoms with Crippen molar-refractivity contribution < 1.29 is 4.79 Å². The van der Waals surface area contributed by atoms with Gasteiger partial charge >= 0.3 is 0 Å². The van der Waals surface area contributed by atoms with E-state index in [1.165, 1.54) is 21.6 Å². The quantitative estimate of drug-likeness (QED) is 0.326. The summed E-state index contributed by atoms with van der Waals surface area (Å²) in [5.41, 5.74) is 16.5. The Labute approximate surface area is 242 Å². The average Bonchev–Trinajstić information content (AvgIpc) is 2.89. The maximum Gasteiger partial charge on any atom is 0.162 e. The molecule has 1 atom stereocenters. The summed E-state index contributed by atoms with van der Waals surface area (Å²) < 4.78 is 0. The summed E-state index contributed by atoms with van der Waals surface area (Å²) in [6.07, 6.45) is 1.16. The molecule has 1 unspecified atom stereocenters. The maximum absolute atomic E-state index is 14.0. The second-order valence-electron chi connectivity index (χ2n) is 12.1. The summed E-state index contributed by atoms with van der Waals surface area (Å²) in [6, 6.07) is 23.5. The highest BCUT2D eigenvalue weighted by Crippen LogP contribution is 2.51. The summed E-state index contributed by atoms with van der Waals surface area (Å²) in [6.45, 7) is 12.6. The van der Waals surface area contributed by atoms with Crippen LogP contribution in [0, 0.1) is 44.4 Å². The fraction of sp³-hybridized carbons (Fsp3) is 0.314. The summed E-state index contributed by atoms with van der Waals surface area (Å²) in [4.78, 5) is 17.1. The predicted octanol–water partition coefficient (Wildman–Crippen LogP) is 8.15. The number of ketones is 1. The smallest absolute Gasteiger partial charge is 0.162 e. The summed E-state index contributed by atoms with van der Waals surface area (Å²) in [5, 5.41) is 10.5. The summed E-state index contributed by atoms with van der Waals surface area (Å²) >= 11 is 1.80. The molecule has 0 spiro atoms. The van der Waals surface area contributed by atoms with Gasteiger partial charge in [-0.15, -0.1) is 11.8 Å². The van der Waals surface area contributed by atoms with Gasteiger partial charge in [0.15, 0.2) is 5.78 Å². The van der Waals surface area contributed by atoms with Crippen LogP contribution in [0.15, 0.2) is 88.2 Å². The van der Waals surface area contributed by atoms with E-state index in [-0.39, 0.29) is 11.2 Å². The number of nitrogens with two attached hydrogens (primary N) is 1. The molecular weight excluding hydrogens is 510 g/mol. The van der Waals surface area contributed by atoms with E-state index in [0.717, 1.165) is 39.4 Å². The van der Waals surface area contributed by atoms with Gasteiger partial charge in [-0.05, 0) is 86.1 Å². The molecule has 0 fully saturated rings. The fourth-order valence-corrected chi connectivity index (χ4v) is 6.95. The first-order valence-electron chi connectivity index (χ1n) is 13.8. The molecule has 3 aromatic rings. The predicted molar refractivity (Wildman–Crippen MR) is 165 cm³/mol. The molecule has 0 amide bonds. The molecule has 1 heterocycles. The van der Waals surface area contributed by atoms with Gasteiger partial charge < -0.3 is 5.73 Å². The van der Waals surface area contributed by atoms with Crippen molar-refractivity contribution in [2.24, 2.45) is 11.1 Å². The van der Waals surface area contributed by atoms with Crippen LogP contribution in [-0.2, 0) is 10.5 Å². The number of anilines is 1. The molecule has 0 aromatic heterocycles. The van der Waals surface area contributed by atoms with E-state index in [4.69, 9.17) is 5.73 Å². The number of hydrogen-bond donors (Lipinski definition) is 1. The Hall–Kier alpha value is -3.75. The molecule has 5 heteroatoms. The van der Waals surface area contributed by atoms with Crippen molar-refractivity contribution in [1.82, 2.24) is 0 Å². The number of nitriles is 1. The number of thioether (sulfide) groups is 1. The minimum atomic E-state index is -0.478. The highest BCUT2D eigenvalue weighted by molar-refractivity contribution is 7.98. The number of nitrogens with zero attached hydrogens (tertiary/aromatic N) is 2. The van der Waals surface area contributed by atoms with Crippen molar-refractivity contribution in [3.8, 4) is 6.07 Å². The molecule has 1 aliphatic heterocycles. The third-order valence-electron chi connectivity index (χ3n) is 8.12. The van der Waals surface area contributed by atoms with Gasteiger partial charge in [-0.25, -0.2) is 0 Å². The Morgan fingerprint density at radius 1 is 0.950 bits per heavy atom. The number of Topliss-reactive ketones (excluding diaryl/α,β-unsaturated/α-hetero) is 1. The summed E-state index contributed by atoms with van der Waals surface area (Å²) in [7, 11) is 0. The Morgan fingerprint density at radius 3 is 2.20 bits per heavy atom. The molecule has 40 heavy (non-hydrogen) atoms. The molecule has 5 rings (SSSR count). The highest BCUT2D eigenvalue weighted by atomic mass is 32.2. The zero-order chi connectivity index (χ0) is 28.8. The molecule has 1 aliphatic carbocycles. The molecule has 0 saturated carbocycles. The van der Waals surface area contributed by atoms with Crippen LogP contribution in [0.2, 0.25) is 0 Å². The number of rotatable bonds is 5. The van der Waals surface area contributed by atoms with E-state index in [1.54, 1.807) is 11.8 Å².